The molecule has 1 atom stereocenters. The Morgan fingerprint density at radius 1 is 1.88 bits per heavy atom. The van der Waals surface area contributed by atoms with Gasteiger partial charge in [-0.2, -0.15) is 11.8 Å². The molecule has 0 aliphatic heterocycles. The maximum Gasteiger partial charge on any atom is 0.134 e. The van der Waals surface area contributed by atoms with E-state index in [1.165, 1.54) is 0 Å². The molecule has 0 aromatic carbocycles. The van der Waals surface area contributed by atoms with Crippen LogP contribution in [-0.2, 0) is 4.79 Å². The van der Waals surface area contributed by atoms with E-state index in [1.807, 2.05) is 13.3 Å². The summed E-state index contributed by atoms with van der Waals surface area (Å²) < 4.78 is 0. The third-order valence-electron chi connectivity index (χ3n) is 0.860. The molecule has 0 rings (SSSR count). The van der Waals surface area contributed by atoms with Crippen LogP contribution in [0.15, 0.2) is 0 Å². The van der Waals surface area contributed by atoms with Crippen molar-refractivity contribution in [2.75, 3.05) is 19.8 Å². The molecule has 0 bridgehead atoms. The van der Waals surface area contributed by atoms with Gasteiger partial charge < -0.3 is 10.1 Å². The Hall–Kier alpha value is -0.0200. The topological polar surface area (TPSA) is 29.1 Å². The van der Waals surface area contributed by atoms with Gasteiger partial charge in [-0.3, -0.25) is 0 Å². The Bertz CT molecular complexity index is 67.4. The number of aldehydes is 1. The Labute approximate surface area is 54.0 Å². The average molecular weight is 133 g/mol. The second-order valence-electron chi connectivity index (χ2n) is 1.47. The van der Waals surface area contributed by atoms with Gasteiger partial charge in [-0.25, -0.2) is 0 Å². The highest BCUT2D eigenvalue weighted by atomic mass is 32.2. The number of thioether (sulfide) groups is 1. The molecule has 0 saturated carbocycles. The lowest BCUT2D eigenvalue weighted by molar-refractivity contribution is -0.107. The third kappa shape index (κ3) is 3.04. The zero-order chi connectivity index (χ0) is 6.41. The highest BCUT2D eigenvalue weighted by Crippen LogP contribution is 1.99. The molecule has 0 aliphatic rings. The Morgan fingerprint density at radius 3 is 2.62 bits per heavy atom. The van der Waals surface area contributed by atoms with E-state index in [4.69, 9.17) is 0 Å². The monoisotopic (exact) mass is 133 g/mol. The van der Waals surface area contributed by atoms with Crippen LogP contribution in [0.5, 0.6) is 0 Å². The number of nitrogens with one attached hydrogen (secondary N) is 1. The molecular formula is C5H11NOS. The van der Waals surface area contributed by atoms with Gasteiger partial charge in [0.25, 0.3) is 0 Å². The summed E-state index contributed by atoms with van der Waals surface area (Å²) in [6, 6.07) is 0. The van der Waals surface area contributed by atoms with Gasteiger partial charge in [0.15, 0.2) is 0 Å². The molecule has 0 spiro atoms. The van der Waals surface area contributed by atoms with Crippen LogP contribution in [0.3, 0.4) is 0 Å². The summed E-state index contributed by atoms with van der Waals surface area (Å²) in [5, 5.41) is 3.04. The standard InChI is InChI=1S/C5H11NOS/c1-6-3-5(4-7)8-2/h4-6H,3H2,1-2H3. The minimum absolute atomic E-state index is 0.125. The van der Waals surface area contributed by atoms with E-state index in [0.717, 1.165) is 12.8 Å². The number of carbonyl (C=O) groups excluding carboxylic acids is 1. The highest BCUT2D eigenvalue weighted by molar-refractivity contribution is 7.99. The van der Waals surface area contributed by atoms with Gasteiger partial charge in [-0.05, 0) is 13.3 Å². The van der Waals surface area contributed by atoms with Gasteiger partial charge in [-0.15, -0.1) is 0 Å². The Kier molecular flexibility index (Phi) is 5.11. The third-order valence-corrected chi connectivity index (χ3v) is 1.74. The van der Waals surface area contributed by atoms with Crippen molar-refractivity contribution in [2.24, 2.45) is 0 Å². The van der Waals surface area contributed by atoms with E-state index < -0.39 is 0 Å². The molecule has 8 heavy (non-hydrogen) atoms. The fourth-order valence-electron chi connectivity index (χ4n) is 0.388. The zero-order valence-electron chi connectivity index (χ0n) is 5.18. The Morgan fingerprint density at radius 2 is 2.50 bits per heavy atom. The first-order valence-corrected chi connectivity index (χ1v) is 3.76. The van der Waals surface area contributed by atoms with Crippen molar-refractivity contribution in [3.63, 3.8) is 0 Å². The van der Waals surface area contributed by atoms with E-state index in [0.29, 0.717) is 0 Å². The molecule has 0 aliphatic carbocycles. The van der Waals surface area contributed by atoms with Crippen molar-refractivity contribution in [2.45, 2.75) is 5.25 Å². The number of carbonyl (C=O) groups is 1. The smallest absolute Gasteiger partial charge is 0.134 e. The molecule has 48 valence electrons. The first-order valence-electron chi connectivity index (χ1n) is 2.47. The van der Waals surface area contributed by atoms with E-state index in [2.05, 4.69) is 5.32 Å². The normalized spacial score (nSPS) is 13.2. The van der Waals surface area contributed by atoms with Crippen molar-refractivity contribution in [1.82, 2.24) is 5.32 Å². The molecule has 0 saturated heterocycles. The second-order valence-corrected chi connectivity index (χ2v) is 2.54. The predicted molar refractivity (Wildman–Crippen MR) is 37.3 cm³/mol. The predicted octanol–water partition coefficient (Wildman–Crippen LogP) is 0.136. The molecule has 1 N–H and O–H groups in total. The molecule has 0 fully saturated rings. The van der Waals surface area contributed by atoms with Gasteiger partial charge in [0.1, 0.15) is 6.29 Å². The fraction of sp³-hybridized carbons (Fsp3) is 0.800. The second kappa shape index (κ2) is 5.12. The van der Waals surface area contributed by atoms with Gasteiger partial charge in [0.05, 0.1) is 5.25 Å². The van der Waals surface area contributed by atoms with Crippen molar-refractivity contribution in [3.05, 3.63) is 0 Å². The average Bonchev–Trinajstić information content (AvgIpc) is 1.83. The van der Waals surface area contributed by atoms with Gasteiger partial charge in [0.2, 0.25) is 0 Å². The summed E-state index contributed by atoms with van der Waals surface area (Å²) in [5.41, 5.74) is 0. The molecule has 0 aromatic heterocycles. The van der Waals surface area contributed by atoms with Crippen molar-refractivity contribution >= 4 is 18.0 Å². The highest BCUT2D eigenvalue weighted by Gasteiger charge is 1.99. The number of rotatable bonds is 4. The zero-order valence-corrected chi connectivity index (χ0v) is 5.99. The lowest BCUT2D eigenvalue weighted by Gasteiger charge is -2.02. The Balaban J connectivity index is 3.21. The molecular weight excluding hydrogens is 122 g/mol. The van der Waals surface area contributed by atoms with Crippen LogP contribution < -0.4 is 5.32 Å². The lowest BCUT2D eigenvalue weighted by atomic mass is 10.5. The maximum absolute atomic E-state index is 10.1. The minimum atomic E-state index is 0.125. The van der Waals surface area contributed by atoms with Crippen LogP contribution >= 0.6 is 11.8 Å². The molecule has 3 heteroatoms. The van der Waals surface area contributed by atoms with Gasteiger partial charge in [0, 0.05) is 6.54 Å². The first-order chi connectivity index (χ1) is 3.85. The molecule has 2 nitrogen and oxygen atoms in total. The quantitative estimate of drug-likeness (QED) is 0.553. The number of hydrogen-bond acceptors (Lipinski definition) is 3. The molecule has 0 radical (unpaired) electrons. The summed E-state index contributed by atoms with van der Waals surface area (Å²) >= 11 is 1.56. The molecule has 0 aromatic rings. The summed E-state index contributed by atoms with van der Waals surface area (Å²) in [6.45, 7) is 0.769. The lowest BCUT2D eigenvalue weighted by Crippen LogP contribution is -2.21. The summed E-state index contributed by atoms with van der Waals surface area (Å²) in [7, 11) is 1.84. The van der Waals surface area contributed by atoms with Crippen LogP contribution in [0, 0.1) is 0 Å². The molecule has 0 amide bonds. The van der Waals surface area contributed by atoms with Crippen molar-refractivity contribution in [3.8, 4) is 0 Å². The summed E-state index contributed by atoms with van der Waals surface area (Å²) in [5.74, 6) is 0. The van der Waals surface area contributed by atoms with E-state index in [9.17, 15) is 4.79 Å². The van der Waals surface area contributed by atoms with Crippen LogP contribution in [0.2, 0.25) is 0 Å². The van der Waals surface area contributed by atoms with Crippen molar-refractivity contribution < 1.29 is 4.79 Å². The van der Waals surface area contributed by atoms with Crippen LogP contribution in [0.25, 0.3) is 0 Å². The van der Waals surface area contributed by atoms with Gasteiger partial charge in [-0.1, -0.05) is 0 Å². The SMILES string of the molecule is CNCC(C=O)SC. The molecule has 0 heterocycles. The van der Waals surface area contributed by atoms with Crippen molar-refractivity contribution in [1.29, 1.82) is 0 Å². The fourth-order valence-corrected chi connectivity index (χ4v) is 0.833. The van der Waals surface area contributed by atoms with Crippen LogP contribution in [0.1, 0.15) is 0 Å². The summed E-state index contributed by atoms with van der Waals surface area (Å²) in [4.78, 5) is 10.1. The van der Waals surface area contributed by atoms with E-state index >= 15 is 0 Å². The minimum Gasteiger partial charge on any atom is -0.318 e. The van der Waals surface area contributed by atoms with Crippen LogP contribution in [0.4, 0.5) is 0 Å². The maximum atomic E-state index is 10.1. The number of hydrogen-bond donors (Lipinski definition) is 1. The van der Waals surface area contributed by atoms with E-state index in [-0.39, 0.29) is 5.25 Å². The van der Waals surface area contributed by atoms with E-state index in [1.54, 1.807) is 11.8 Å². The van der Waals surface area contributed by atoms with Crippen LogP contribution in [-0.4, -0.2) is 31.4 Å². The van der Waals surface area contributed by atoms with Gasteiger partial charge >= 0.3 is 0 Å². The molecule has 1 unspecified atom stereocenters. The largest absolute Gasteiger partial charge is 0.318 e. The first kappa shape index (κ1) is 7.98. The summed E-state index contributed by atoms with van der Waals surface area (Å²) in [6.07, 6.45) is 2.89.